The van der Waals surface area contributed by atoms with Gasteiger partial charge in [0.15, 0.2) is 5.96 Å². The van der Waals surface area contributed by atoms with Crippen LogP contribution in [0.15, 0.2) is 17.5 Å². The van der Waals surface area contributed by atoms with Crippen molar-refractivity contribution in [3.05, 3.63) is 18.2 Å². The smallest absolute Gasteiger partial charge is 0.328 e. The fourth-order valence-corrected chi connectivity index (χ4v) is 11.1. The van der Waals surface area contributed by atoms with Crippen LogP contribution in [-0.2, 0) is 92.7 Å². The van der Waals surface area contributed by atoms with E-state index >= 15 is 0 Å². The van der Waals surface area contributed by atoms with Gasteiger partial charge in [0, 0.05) is 37.7 Å². The molecule has 0 saturated carbocycles. The number of nitrogens with two attached hydrogens (primary N) is 6. The number of amides is 15. The van der Waals surface area contributed by atoms with E-state index in [-0.39, 0.29) is 82.0 Å². The van der Waals surface area contributed by atoms with Gasteiger partial charge in [-0.25, -0.2) is 9.78 Å². The van der Waals surface area contributed by atoms with Gasteiger partial charge in [0.05, 0.1) is 51.3 Å². The third kappa shape index (κ3) is 41.0. The maximum Gasteiger partial charge on any atom is 0.328 e. The molecule has 15 atom stereocenters. The molecule has 0 aliphatic carbocycles. The minimum Gasteiger partial charge on any atom is -0.481 e. The Morgan fingerprint density at radius 2 is 0.831 bits per heavy atom. The van der Waals surface area contributed by atoms with Crippen molar-refractivity contribution in [1.29, 1.82) is 0 Å². The molecule has 1 rings (SSSR count). The first-order valence-electron chi connectivity index (χ1n) is 38.3. The number of carbonyl (C=O) groups is 18. The van der Waals surface area contributed by atoms with Crippen molar-refractivity contribution in [3.8, 4) is 0 Å². The van der Waals surface area contributed by atoms with Crippen molar-refractivity contribution < 1.29 is 122 Å². The zero-order valence-corrected chi connectivity index (χ0v) is 67.1. The third-order valence-corrected chi connectivity index (χ3v) is 17.5. The van der Waals surface area contributed by atoms with Gasteiger partial charge < -0.3 is 150 Å². The molecule has 0 bridgehead atoms. The van der Waals surface area contributed by atoms with Crippen molar-refractivity contribution in [2.75, 3.05) is 46.0 Å². The number of carboxylic acid groups (broad SMARTS) is 3. The summed E-state index contributed by atoms with van der Waals surface area (Å²) in [4.78, 5) is 252. The number of rotatable bonds is 60. The molecule has 48 nitrogen and oxygen atoms in total. The van der Waals surface area contributed by atoms with Gasteiger partial charge in [-0.1, -0.05) is 48.0 Å². The first-order valence-corrected chi connectivity index (χ1v) is 38.3. The van der Waals surface area contributed by atoms with Gasteiger partial charge in [0.1, 0.15) is 78.5 Å². The van der Waals surface area contributed by atoms with E-state index in [1.54, 1.807) is 27.7 Å². The van der Waals surface area contributed by atoms with Crippen molar-refractivity contribution in [2.45, 2.75) is 242 Å². The molecule has 666 valence electrons. The summed E-state index contributed by atoms with van der Waals surface area (Å²) in [6, 6.07) is -23.5. The second-order valence-corrected chi connectivity index (χ2v) is 29.0. The summed E-state index contributed by atoms with van der Waals surface area (Å²) in [5, 5.41) is 102. The summed E-state index contributed by atoms with van der Waals surface area (Å²) in [6.45, 7) is 6.74. The van der Waals surface area contributed by atoms with Crippen molar-refractivity contribution in [3.63, 3.8) is 0 Å². The van der Waals surface area contributed by atoms with E-state index in [1.165, 1.54) is 26.4 Å². The number of guanidine groups is 1. The summed E-state index contributed by atoms with van der Waals surface area (Å²) < 4.78 is 0. The second kappa shape index (κ2) is 55.3. The Balaban J connectivity index is 3.60. The number of aliphatic imine (C=N–C) groups is 1. The molecule has 0 radical (unpaired) electrons. The normalized spacial score (nSPS) is 15.0. The molecule has 118 heavy (non-hydrogen) atoms. The van der Waals surface area contributed by atoms with Crippen LogP contribution in [0.3, 0.4) is 0 Å². The van der Waals surface area contributed by atoms with E-state index in [1.807, 2.05) is 10.6 Å². The number of carbonyl (C=O) groups excluding carboxylic acids is 15. The minimum absolute atomic E-state index is 0.0157. The minimum atomic E-state index is -1.99. The highest BCUT2D eigenvalue weighted by Gasteiger charge is 2.39. The molecular formula is C70H121N23O25. The highest BCUT2D eigenvalue weighted by Crippen LogP contribution is 2.14. The van der Waals surface area contributed by atoms with Crippen LogP contribution >= 0.6 is 0 Å². The Bertz CT molecular complexity index is 3530. The van der Waals surface area contributed by atoms with Gasteiger partial charge in [-0.05, 0) is 108 Å². The number of primary amides is 1. The molecule has 0 unspecified atom stereocenters. The van der Waals surface area contributed by atoms with Crippen LogP contribution in [0.5, 0.6) is 0 Å². The standard InChI is InChI=1S/C70H121N23O25/c1-33(2)23-43(62(110)87-45(25-37-27-77-32-80-37)57(105)79-28-51(99)92-54(35(5)6)67(115)88-46(26-53(102)103)64(112)93-55(36(7)97)68(116)91-49(31-96)69(117)118)85-59(107)39(14-9-11-21-72)81-66(114)48(30-95)90-63(111)44(24-34(3)4)86-61(109)41(16-18-50(74)98)83-60(108)42(17-19-52(100)101)84-58(106)40(15-12-22-78-70(75)76)82-65(113)47(29-94)89-56(104)38(73)13-8-10-20-71/h27,32-36,38-49,54-55,94-97H,8-26,28-31,71-73H2,1-7H3,(H2,74,98)(H,77,80)(H,79,105)(H,81,114)(H,82,113)(H,83,108)(H,84,106)(H,85,107)(H,86,109)(H,87,110)(H,88,115)(H,89,104)(H,90,111)(H,91,116)(H,92,99)(H,93,112)(H,100,101)(H,102,103)(H,117,118)(H4,75,76,78)/t36-,38+,39+,40+,41+,42+,43+,44+,45+,46+,47+,48+,49+,54+,55+/m1/s1. The number of hydrogen-bond acceptors (Lipinski definition) is 27. The summed E-state index contributed by atoms with van der Waals surface area (Å²) in [5.41, 5.74) is 33.9. The molecule has 0 saturated heterocycles. The zero-order chi connectivity index (χ0) is 89.6. The first kappa shape index (κ1) is 105. The Hall–Kier alpha value is -11.3. The molecule has 1 aromatic rings. The van der Waals surface area contributed by atoms with E-state index < -0.39 is 268 Å². The molecule has 0 aliphatic rings. The number of carboxylic acids is 3. The molecule has 15 amide bonds. The molecule has 0 aromatic carbocycles. The van der Waals surface area contributed by atoms with Gasteiger partial charge in [-0.2, -0.15) is 0 Å². The number of aliphatic hydroxyl groups excluding tert-OH is 4. The molecule has 0 aliphatic heterocycles. The number of nitrogens with zero attached hydrogens (tertiary/aromatic N) is 2. The van der Waals surface area contributed by atoms with E-state index in [9.17, 15) is 122 Å². The van der Waals surface area contributed by atoms with Crippen LogP contribution in [0, 0.1) is 17.8 Å². The van der Waals surface area contributed by atoms with Crippen LogP contribution in [0.2, 0.25) is 0 Å². The predicted octanol–water partition coefficient (Wildman–Crippen LogP) is -11.2. The van der Waals surface area contributed by atoms with Gasteiger partial charge in [-0.15, -0.1) is 0 Å². The highest BCUT2D eigenvalue weighted by molar-refractivity contribution is 6.01. The molecular weight excluding hydrogens is 1560 g/mol. The Kier molecular flexibility index (Phi) is 49.1. The predicted molar refractivity (Wildman–Crippen MR) is 416 cm³/mol. The van der Waals surface area contributed by atoms with Crippen LogP contribution < -0.4 is 109 Å². The number of aromatic nitrogens is 2. The maximum atomic E-state index is 14.5. The van der Waals surface area contributed by atoms with Gasteiger partial charge in [0.2, 0.25) is 88.6 Å². The van der Waals surface area contributed by atoms with E-state index in [0.717, 1.165) is 6.92 Å². The fourth-order valence-electron chi connectivity index (χ4n) is 11.1. The van der Waals surface area contributed by atoms with Gasteiger partial charge in [-0.3, -0.25) is 86.5 Å². The number of H-pyrrole nitrogens is 1. The zero-order valence-electron chi connectivity index (χ0n) is 67.1. The number of aliphatic carboxylic acids is 3. The molecule has 1 aromatic heterocycles. The Morgan fingerprint density at radius 3 is 1.25 bits per heavy atom. The summed E-state index contributed by atoms with van der Waals surface area (Å²) in [7, 11) is 0. The number of aromatic amines is 1. The lowest BCUT2D eigenvalue weighted by atomic mass is 10.0. The van der Waals surface area contributed by atoms with E-state index in [0.29, 0.717) is 25.8 Å². The highest BCUT2D eigenvalue weighted by atomic mass is 16.4. The lowest BCUT2D eigenvalue weighted by Crippen LogP contribution is -2.61. The molecule has 48 heteroatoms. The topological polar surface area (TPSA) is 814 Å². The fraction of sp³-hybridized carbons (Fsp3) is 0.686. The van der Waals surface area contributed by atoms with Crippen molar-refractivity contribution in [2.24, 2.45) is 57.1 Å². The van der Waals surface area contributed by atoms with E-state index in [4.69, 9.17) is 34.4 Å². The summed E-state index contributed by atoms with van der Waals surface area (Å²) >= 11 is 0. The second-order valence-electron chi connectivity index (χ2n) is 29.0. The van der Waals surface area contributed by atoms with Gasteiger partial charge >= 0.3 is 17.9 Å². The Labute approximate surface area is 679 Å². The maximum absolute atomic E-state index is 14.5. The molecule has 1 heterocycles. The largest absolute Gasteiger partial charge is 0.481 e. The lowest BCUT2D eigenvalue weighted by molar-refractivity contribution is -0.145. The quantitative estimate of drug-likeness (QED) is 0.0164. The van der Waals surface area contributed by atoms with Crippen molar-refractivity contribution in [1.82, 2.24) is 84.4 Å². The number of nitrogens with one attached hydrogen (secondary N) is 15. The van der Waals surface area contributed by atoms with Gasteiger partial charge in [0.25, 0.3) is 0 Å². The van der Waals surface area contributed by atoms with E-state index in [2.05, 4.69) is 78.8 Å². The van der Waals surface area contributed by atoms with Crippen LogP contribution in [0.1, 0.15) is 150 Å². The third-order valence-electron chi connectivity index (χ3n) is 17.5. The number of unbranched alkanes of at least 4 members (excludes halogenated alkanes) is 2. The SMILES string of the molecule is CC(C)C[C@H](NC(=O)[C@H](CCCCN)NC(=O)[C@H](CO)NC(=O)[C@H](CC(C)C)NC(=O)[C@H](CCC(N)=O)NC(=O)[C@H](CCC(=O)O)NC(=O)[C@H](CCCN=C(N)N)NC(=O)[C@H](CO)NC(=O)[C@@H](N)CCCCN)C(=O)N[C@@H](Cc1cnc[nH]1)C(=O)NCC(=O)N[C@H](C(=O)N[C@@H](CC(=O)O)C(=O)N[C@H](C(=O)N[C@@H](CO)C(=O)O)[C@@H](C)O)C(C)C. The number of imidazole rings is 1. The van der Waals surface area contributed by atoms with Crippen LogP contribution in [0.25, 0.3) is 0 Å². The summed E-state index contributed by atoms with van der Waals surface area (Å²) in [5.74, 6) is -23.3. The average Bonchev–Trinajstić information content (AvgIpc) is 0.919. The molecule has 34 N–H and O–H groups in total. The average molecular weight is 1680 g/mol. The molecule has 0 fully saturated rings. The van der Waals surface area contributed by atoms with Crippen molar-refractivity contribution >= 4 is 112 Å². The summed E-state index contributed by atoms with van der Waals surface area (Å²) in [6.07, 6.45) is -2.42. The monoisotopic (exact) mass is 1680 g/mol. The molecule has 0 spiro atoms. The lowest BCUT2D eigenvalue weighted by Gasteiger charge is -2.28. The Morgan fingerprint density at radius 1 is 0.432 bits per heavy atom. The van der Waals surface area contributed by atoms with Crippen LogP contribution in [-0.4, -0.2) is 295 Å². The first-order chi connectivity index (χ1) is 55.4. The number of aliphatic hydroxyl groups is 4. The van der Waals surface area contributed by atoms with Crippen LogP contribution in [0.4, 0.5) is 0 Å². The number of hydrogen-bond donors (Lipinski definition) is 28.